The summed E-state index contributed by atoms with van der Waals surface area (Å²) in [6.07, 6.45) is 0.984. The quantitative estimate of drug-likeness (QED) is 0.925. The maximum absolute atomic E-state index is 9.36. The van der Waals surface area contributed by atoms with Gasteiger partial charge in [0.05, 0.1) is 30.5 Å². The van der Waals surface area contributed by atoms with Crippen LogP contribution in [0, 0.1) is 0 Å². The Kier molecular flexibility index (Phi) is 2.90. The summed E-state index contributed by atoms with van der Waals surface area (Å²) in [5.41, 5.74) is 1.79. The van der Waals surface area contributed by atoms with Gasteiger partial charge in [-0.1, -0.05) is 15.9 Å². The monoisotopic (exact) mass is 296 g/mol. The highest BCUT2D eigenvalue weighted by Crippen LogP contribution is 2.28. The summed E-state index contributed by atoms with van der Waals surface area (Å²) in [6, 6.07) is 6.32. The van der Waals surface area contributed by atoms with Gasteiger partial charge in [0, 0.05) is 16.5 Å². The number of hydrogen-bond donors (Lipinski definition) is 1. The van der Waals surface area contributed by atoms with E-state index in [1.165, 1.54) is 0 Å². The fourth-order valence-corrected chi connectivity index (χ4v) is 2.65. The summed E-state index contributed by atoms with van der Waals surface area (Å²) < 4.78 is 8.38. The number of hydrogen-bond acceptors (Lipinski definition) is 3. The van der Waals surface area contributed by atoms with E-state index in [4.69, 9.17) is 4.74 Å². The minimum absolute atomic E-state index is 0.0342. The van der Waals surface area contributed by atoms with Gasteiger partial charge in [-0.2, -0.15) is 5.10 Å². The molecule has 2 heterocycles. The summed E-state index contributed by atoms with van der Waals surface area (Å²) in [5, 5.41) is 14.9. The van der Waals surface area contributed by atoms with Crippen LogP contribution in [0.2, 0.25) is 0 Å². The van der Waals surface area contributed by atoms with Crippen molar-refractivity contribution in [1.82, 2.24) is 9.78 Å². The summed E-state index contributed by atoms with van der Waals surface area (Å²) >= 11 is 3.45. The van der Waals surface area contributed by atoms with E-state index in [0.717, 1.165) is 34.1 Å². The Labute approximate surface area is 107 Å². The smallest absolute Gasteiger partial charge is 0.0958 e. The molecule has 0 spiro atoms. The second-order valence-corrected chi connectivity index (χ2v) is 5.14. The Bertz CT molecular complexity index is 547. The van der Waals surface area contributed by atoms with Crippen LogP contribution in [0.3, 0.4) is 0 Å². The first-order valence-electron chi connectivity index (χ1n) is 5.65. The fraction of sp³-hybridized carbons (Fsp3) is 0.417. The number of ether oxygens (including phenoxy) is 1. The predicted octanol–water partition coefficient (Wildman–Crippen LogP) is 2.25. The van der Waals surface area contributed by atoms with Gasteiger partial charge >= 0.3 is 0 Å². The molecule has 5 heteroatoms. The maximum Gasteiger partial charge on any atom is 0.0958 e. The normalized spacial score (nSPS) is 20.2. The molecule has 1 aliphatic heterocycles. The van der Waals surface area contributed by atoms with E-state index < -0.39 is 0 Å². The number of aliphatic hydroxyl groups excluding tert-OH is 1. The molecule has 1 aromatic carbocycles. The summed E-state index contributed by atoms with van der Waals surface area (Å²) in [7, 11) is 0. The summed E-state index contributed by atoms with van der Waals surface area (Å²) in [6.45, 7) is 1.46. The van der Waals surface area contributed by atoms with Crippen molar-refractivity contribution in [3.05, 3.63) is 28.4 Å². The molecule has 4 nitrogen and oxygen atoms in total. The van der Waals surface area contributed by atoms with E-state index in [1.54, 1.807) is 0 Å². The van der Waals surface area contributed by atoms with Crippen LogP contribution in [-0.4, -0.2) is 28.1 Å². The molecule has 1 N–H and O–H groups in total. The molecule has 1 atom stereocenters. The highest BCUT2D eigenvalue weighted by molar-refractivity contribution is 9.10. The topological polar surface area (TPSA) is 47.3 Å². The zero-order chi connectivity index (χ0) is 11.8. The number of halogens is 1. The molecule has 0 unspecified atom stereocenters. The van der Waals surface area contributed by atoms with Gasteiger partial charge in [0.2, 0.25) is 0 Å². The van der Waals surface area contributed by atoms with Gasteiger partial charge in [-0.3, -0.25) is 4.68 Å². The van der Waals surface area contributed by atoms with Crippen LogP contribution in [0.25, 0.3) is 10.9 Å². The number of rotatable bonds is 2. The van der Waals surface area contributed by atoms with Crippen molar-refractivity contribution < 1.29 is 9.84 Å². The lowest BCUT2D eigenvalue weighted by atomic mass is 10.2. The summed E-state index contributed by atoms with van der Waals surface area (Å²) in [5.74, 6) is 0. The first-order valence-corrected chi connectivity index (χ1v) is 6.44. The van der Waals surface area contributed by atoms with Crippen LogP contribution in [0.1, 0.15) is 18.2 Å². The SMILES string of the molecule is OCc1nn([C@H]2CCOC2)c2ccc(Br)cc12. The van der Waals surface area contributed by atoms with Crippen molar-refractivity contribution in [3.63, 3.8) is 0 Å². The maximum atomic E-state index is 9.36. The Morgan fingerprint density at radius 3 is 3.12 bits per heavy atom. The molecule has 3 rings (SSSR count). The Hall–Kier alpha value is -0.910. The fourth-order valence-electron chi connectivity index (χ4n) is 2.29. The van der Waals surface area contributed by atoms with Crippen molar-refractivity contribution in [2.24, 2.45) is 0 Å². The van der Waals surface area contributed by atoms with Gasteiger partial charge in [0.15, 0.2) is 0 Å². The van der Waals surface area contributed by atoms with E-state index in [2.05, 4.69) is 21.0 Å². The molecule has 1 aliphatic rings. The van der Waals surface area contributed by atoms with E-state index in [0.29, 0.717) is 12.6 Å². The van der Waals surface area contributed by atoms with Gasteiger partial charge in [-0.15, -0.1) is 0 Å². The molecule has 0 radical (unpaired) electrons. The van der Waals surface area contributed by atoms with Crippen LogP contribution >= 0.6 is 15.9 Å². The summed E-state index contributed by atoms with van der Waals surface area (Å²) in [4.78, 5) is 0. The Morgan fingerprint density at radius 1 is 1.53 bits per heavy atom. The number of aromatic nitrogens is 2. The zero-order valence-electron chi connectivity index (χ0n) is 9.27. The second kappa shape index (κ2) is 4.40. The first-order chi connectivity index (χ1) is 8.29. The lowest BCUT2D eigenvalue weighted by Crippen LogP contribution is -2.10. The van der Waals surface area contributed by atoms with Crippen molar-refractivity contribution in [3.8, 4) is 0 Å². The molecule has 1 aromatic heterocycles. The predicted molar refractivity (Wildman–Crippen MR) is 67.8 cm³/mol. The lowest BCUT2D eigenvalue weighted by Gasteiger charge is -2.09. The van der Waals surface area contributed by atoms with Crippen molar-refractivity contribution in [2.75, 3.05) is 13.2 Å². The van der Waals surface area contributed by atoms with E-state index in [-0.39, 0.29) is 6.61 Å². The minimum atomic E-state index is -0.0342. The minimum Gasteiger partial charge on any atom is -0.390 e. The molecule has 1 fully saturated rings. The van der Waals surface area contributed by atoms with E-state index in [9.17, 15) is 5.11 Å². The Morgan fingerprint density at radius 2 is 2.41 bits per heavy atom. The highest BCUT2D eigenvalue weighted by atomic mass is 79.9. The molecule has 0 aliphatic carbocycles. The largest absolute Gasteiger partial charge is 0.390 e. The average molecular weight is 297 g/mol. The third kappa shape index (κ3) is 1.88. The van der Waals surface area contributed by atoms with Crippen molar-refractivity contribution in [2.45, 2.75) is 19.1 Å². The van der Waals surface area contributed by atoms with Gasteiger partial charge in [0.25, 0.3) is 0 Å². The zero-order valence-corrected chi connectivity index (χ0v) is 10.9. The number of nitrogens with zero attached hydrogens (tertiary/aromatic N) is 2. The highest BCUT2D eigenvalue weighted by Gasteiger charge is 2.21. The molecule has 90 valence electrons. The molecular weight excluding hydrogens is 284 g/mol. The standard InChI is InChI=1S/C12H13BrN2O2/c13-8-1-2-12-10(5-8)11(6-16)14-15(12)9-3-4-17-7-9/h1-2,5,9,16H,3-4,6-7H2/t9-/m0/s1. The third-order valence-electron chi connectivity index (χ3n) is 3.15. The molecule has 17 heavy (non-hydrogen) atoms. The molecule has 0 saturated carbocycles. The van der Waals surface area contributed by atoms with Crippen molar-refractivity contribution >= 4 is 26.8 Å². The van der Waals surface area contributed by atoms with Gasteiger partial charge in [0.1, 0.15) is 0 Å². The van der Waals surface area contributed by atoms with Gasteiger partial charge in [-0.25, -0.2) is 0 Å². The van der Waals surface area contributed by atoms with Crippen LogP contribution in [0.4, 0.5) is 0 Å². The average Bonchev–Trinajstić information content (AvgIpc) is 2.94. The number of aliphatic hydroxyl groups is 1. The third-order valence-corrected chi connectivity index (χ3v) is 3.64. The van der Waals surface area contributed by atoms with Gasteiger partial charge in [-0.05, 0) is 24.6 Å². The molecular formula is C12H13BrN2O2. The van der Waals surface area contributed by atoms with Gasteiger partial charge < -0.3 is 9.84 Å². The number of fused-ring (bicyclic) bond motifs is 1. The molecule has 0 amide bonds. The second-order valence-electron chi connectivity index (χ2n) is 4.23. The molecule has 0 bridgehead atoms. The molecule has 2 aromatic rings. The van der Waals surface area contributed by atoms with Crippen LogP contribution in [0.5, 0.6) is 0 Å². The van der Waals surface area contributed by atoms with Crippen LogP contribution in [-0.2, 0) is 11.3 Å². The molecule has 1 saturated heterocycles. The van der Waals surface area contributed by atoms with Crippen molar-refractivity contribution in [1.29, 1.82) is 0 Å². The van der Waals surface area contributed by atoms with E-state index in [1.807, 2.05) is 22.9 Å². The van der Waals surface area contributed by atoms with Crippen LogP contribution < -0.4 is 0 Å². The lowest BCUT2D eigenvalue weighted by molar-refractivity contribution is 0.185. The van der Waals surface area contributed by atoms with Crippen LogP contribution in [0.15, 0.2) is 22.7 Å². The Balaban J connectivity index is 2.17. The number of benzene rings is 1. The first kappa shape index (κ1) is 11.2. The van der Waals surface area contributed by atoms with E-state index >= 15 is 0 Å².